The number of benzene rings is 2. The number of aliphatic imine (C=N–C) groups is 4. The lowest BCUT2D eigenvalue weighted by molar-refractivity contribution is 0.680. The van der Waals surface area contributed by atoms with E-state index >= 15 is 0 Å². The summed E-state index contributed by atoms with van der Waals surface area (Å²) in [4.78, 5) is 30.1. The van der Waals surface area contributed by atoms with Crippen LogP contribution in [-0.2, 0) is 12.8 Å². The number of rotatable bonds is 4. The first kappa shape index (κ1) is 30.5. The maximum atomic E-state index is 5.93. The van der Waals surface area contributed by atoms with Crippen molar-refractivity contribution in [2.24, 2.45) is 20.0 Å². The molecule has 2 aromatic heterocycles. The second kappa shape index (κ2) is 14.0. The largest absolute Gasteiger partial charge is 0.399 e. The highest BCUT2D eigenvalue weighted by Gasteiger charge is 2.15. The van der Waals surface area contributed by atoms with E-state index in [0.29, 0.717) is 13.1 Å². The van der Waals surface area contributed by atoms with Gasteiger partial charge in [-0.1, -0.05) is 36.4 Å². The highest BCUT2D eigenvalue weighted by Crippen LogP contribution is 2.15. The summed E-state index contributed by atoms with van der Waals surface area (Å²) in [6, 6.07) is 27.7. The summed E-state index contributed by atoms with van der Waals surface area (Å²) >= 11 is 0. The first-order chi connectivity index (χ1) is 21.2. The molecule has 4 N–H and O–H groups in total. The molecule has 8 heteroatoms. The van der Waals surface area contributed by atoms with Gasteiger partial charge in [0.15, 0.2) is 0 Å². The van der Waals surface area contributed by atoms with E-state index in [0.717, 1.165) is 81.0 Å². The summed E-state index contributed by atoms with van der Waals surface area (Å²) in [6.07, 6.45) is 1.45. The van der Waals surface area contributed by atoms with Crippen LogP contribution in [0.25, 0.3) is 0 Å². The lowest BCUT2D eigenvalue weighted by Crippen LogP contribution is -2.19. The van der Waals surface area contributed by atoms with E-state index in [4.69, 9.17) is 41.4 Å². The van der Waals surface area contributed by atoms with Crippen LogP contribution >= 0.6 is 0 Å². The quantitative estimate of drug-likeness (QED) is 0.293. The molecule has 0 saturated carbocycles. The van der Waals surface area contributed by atoms with Gasteiger partial charge in [0.25, 0.3) is 0 Å². The third-order valence-corrected chi connectivity index (χ3v) is 7.71. The van der Waals surface area contributed by atoms with Gasteiger partial charge in [0.05, 0.1) is 70.8 Å². The van der Waals surface area contributed by atoms with Gasteiger partial charge in [-0.3, -0.25) is 20.0 Å². The van der Waals surface area contributed by atoms with Crippen LogP contribution < -0.4 is 11.5 Å². The van der Waals surface area contributed by atoms with E-state index in [9.17, 15) is 0 Å². The van der Waals surface area contributed by atoms with Gasteiger partial charge in [-0.15, -0.1) is 0 Å². The lowest BCUT2D eigenvalue weighted by atomic mass is 10.0. The van der Waals surface area contributed by atoms with Crippen LogP contribution in [0.5, 0.6) is 0 Å². The molecule has 0 amide bonds. The molecule has 0 radical (unpaired) electrons. The van der Waals surface area contributed by atoms with Crippen molar-refractivity contribution in [3.05, 3.63) is 119 Å². The summed E-state index contributed by atoms with van der Waals surface area (Å²) in [6.45, 7) is 9.04. The predicted molar refractivity (Wildman–Crippen MR) is 184 cm³/mol. The molecule has 8 nitrogen and oxygen atoms in total. The number of anilines is 2. The molecule has 0 aliphatic carbocycles. The number of fused-ring (bicyclic) bond motifs is 4. The molecule has 2 aromatic carbocycles. The number of nitrogen functional groups attached to an aromatic ring is 2. The standard InChI is InChI=1S/C36H40N8/c1-23-33-7-5-9-35(43-33)25(3)42-32(20-28-13-17-30(38)18-14-28)22-40-24(2)34-8-6-10-36(44-34)26(4)41-31(21-39-23)19-27-11-15-29(37)16-12-27/h5-18,31-32H,19-22,37-38H2,1-4H3/t31-,32-/m0/s1. The predicted octanol–water partition coefficient (Wildman–Crippen LogP) is 5.81. The maximum absolute atomic E-state index is 5.93. The van der Waals surface area contributed by atoms with Crippen molar-refractivity contribution in [1.29, 1.82) is 0 Å². The Hall–Kier alpha value is -4.98. The lowest BCUT2D eigenvalue weighted by Gasteiger charge is -2.15. The smallest absolute Gasteiger partial charge is 0.0845 e. The normalized spacial score (nSPS) is 17.8. The summed E-state index contributed by atoms with van der Waals surface area (Å²) in [7, 11) is 0. The summed E-state index contributed by atoms with van der Waals surface area (Å²) in [5.41, 5.74) is 22.4. The molecule has 5 rings (SSSR count). The van der Waals surface area contributed by atoms with E-state index in [1.807, 2.05) is 88.4 Å². The monoisotopic (exact) mass is 584 g/mol. The molecule has 0 spiro atoms. The van der Waals surface area contributed by atoms with Crippen molar-refractivity contribution in [2.75, 3.05) is 24.6 Å². The minimum atomic E-state index is -0.0896. The molecular formula is C36H40N8. The van der Waals surface area contributed by atoms with Gasteiger partial charge in [0, 0.05) is 11.4 Å². The topological polar surface area (TPSA) is 127 Å². The zero-order valence-electron chi connectivity index (χ0n) is 25.9. The van der Waals surface area contributed by atoms with Crippen molar-refractivity contribution in [3.8, 4) is 0 Å². The van der Waals surface area contributed by atoms with E-state index in [1.54, 1.807) is 0 Å². The van der Waals surface area contributed by atoms with Gasteiger partial charge in [-0.2, -0.15) is 0 Å². The van der Waals surface area contributed by atoms with Gasteiger partial charge in [-0.05, 0) is 100 Å². The van der Waals surface area contributed by atoms with Gasteiger partial charge in [0.2, 0.25) is 0 Å². The van der Waals surface area contributed by atoms with Crippen LogP contribution in [0.15, 0.2) is 105 Å². The summed E-state index contributed by atoms with van der Waals surface area (Å²) in [5, 5.41) is 0. The van der Waals surface area contributed by atoms with Crippen molar-refractivity contribution in [2.45, 2.75) is 52.6 Å². The number of hydrogen-bond acceptors (Lipinski definition) is 8. The molecule has 0 saturated heterocycles. The number of aromatic nitrogens is 2. The molecule has 224 valence electrons. The second-order valence-electron chi connectivity index (χ2n) is 11.3. The molecule has 3 heterocycles. The van der Waals surface area contributed by atoms with Crippen LogP contribution in [-0.4, -0.2) is 58.0 Å². The van der Waals surface area contributed by atoms with E-state index in [1.165, 1.54) is 0 Å². The number of nitrogens with zero attached hydrogens (tertiary/aromatic N) is 6. The molecule has 0 fully saturated rings. The average molecular weight is 585 g/mol. The molecule has 1 aliphatic rings. The molecule has 0 unspecified atom stereocenters. The minimum absolute atomic E-state index is 0.0896. The second-order valence-corrected chi connectivity index (χ2v) is 11.3. The Labute approximate surface area is 259 Å². The van der Waals surface area contributed by atoms with Crippen molar-refractivity contribution in [3.63, 3.8) is 0 Å². The SMILES string of the molecule is CC1=NC[C@H](Cc2ccc(N)cc2)N=C(C)c2cccc(n2)C(C)=NC[C@H](Cc2ccc(N)cc2)N=C(C)c2cccc1n2. The Morgan fingerprint density at radius 2 is 0.841 bits per heavy atom. The Morgan fingerprint density at radius 1 is 0.500 bits per heavy atom. The van der Waals surface area contributed by atoms with Crippen LogP contribution in [0, 0.1) is 0 Å². The molecule has 44 heavy (non-hydrogen) atoms. The zero-order chi connectivity index (χ0) is 31.1. The highest BCUT2D eigenvalue weighted by molar-refractivity contribution is 6.02. The Balaban J connectivity index is 1.55. The van der Waals surface area contributed by atoms with Crippen LogP contribution in [0.4, 0.5) is 11.4 Å². The first-order valence-electron chi connectivity index (χ1n) is 15.0. The number of pyridine rings is 2. The van der Waals surface area contributed by atoms with Crippen molar-refractivity contribution < 1.29 is 0 Å². The fourth-order valence-corrected chi connectivity index (χ4v) is 5.16. The molecule has 2 atom stereocenters. The summed E-state index contributed by atoms with van der Waals surface area (Å²) < 4.78 is 0. The van der Waals surface area contributed by atoms with Crippen LogP contribution in [0.2, 0.25) is 0 Å². The molecule has 1 aliphatic heterocycles. The first-order valence-corrected chi connectivity index (χ1v) is 15.0. The Kier molecular flexibility index (Phi) is 9.69. The van der Waals surface area contributed by atoms with Crippen molar-refractivity contribution >= 4 is 34.2 Å². The molecule has 4 aromatic rings. The van der Waals surface area contributed by atoms with E-state index in [2.05, 4.69) is 24.3 Å². The fourth-order valence-electron chi connectivity index (χ4n) is 5.16. The molecule has 4 bridgehead atoms. The van der Waals surface area contributed by atoms with Crippen LogP contribution in [0.1, 0.15) is 61.6 Å². The Morgan fingerprint density at radius 3 is 1.20 bits per heavy atom. The van der Waals surface area contributed by atoms with Crippen LogP contribution in [0.3, 0.4) is 0 Å². The minimum Gasteiger partial charge on any atom is -0.399 e. The molecular weight excluding hydrogens is 544 g/mol. The van der Waals surface area contributed by atoms with Gasteiger partial charge in [-0.25, -0.2) is 9.97 Å². The third kappa shape index (κ3) is 8.10. The highest BCUT2D eigenvalue weighted by atomic mass is 14.9. The fraction of sp³-hybridized carbons (Fsp3) is 0.278. The Bertz CT molecular complexity index is 1590. The number of nitrogens with two attached hydrogens (primary N) is 2. The van der Waals surface area contributed by atoms with Gasteiger partial charge >= 0.3 is 0 Å². The maximum Gasteiger partial charge on any atom is 0.0845 e. The average Bonchev–Trinajstić information content (AvgIpc) is 3.04. The zero-order valence-corrected chi connectivity index (χ0v) is 25.9. The number of hydrogen-bond donors (Lipinski definition) is 2. The van der Waals surface area contributed by atoms with Gasteiger partial charge < -0.3 is 11.5 Å². The van der Waals surface area contributed by atoms with Gasteiger partial charge in [0.1, 0.15) is 0 Å². The third-order valence-electron chi connectivity index (χ3n) is 7.71. The van der Waals surface area contributed by atoms with E-state index < -0.39 is 0 Å². The van der Waals surface area contributed by atoms with Crippen molar-refractivity contribution in [1.82, 2.24) is 9.97 Å². The van der Waals surface area contributed by atoms with E-state index in [-0.39, 0.29) is 12.1 Å². The summed E-state index contributed by atoms with van der Waals surface area (Å²) in [5.74, 6) is 0.